The van der Waals surface area contributed by atoms with Crippen molar-refractivity contribution in [3.8, 4) is 16.9 Å². The Morgan fingerprint density at radius 2 is 1.37 bits per heavy atom. The van der Waals surface area contributed by atoms with Crippen molar-refractivity contribution < 1.29 is 45.3 Å². The number of alkyl halides is 5. The first-order chi connectivity index (χ1) is 17.9. The van der Waals surface area contributed by atoms with Crippen LogP contribution in [0.25, 0.3) is 11.1 Å². The van der Waals surface area contributed by atoms with Gasteiger partial charge in [-0.05, 0) is 39.9 Å². The first-order valence-electron chi connectivity index (χ1n) is 11.5. The lowest BCUT2D eigenvalue weighted by Crippen LogP contribution is -2.45. The fraction of sp³-hybridized carbons (Fsp3) is 0.333. The number of hydrogen-bond donors (Lipinski definition) is 0. The van der Waals surface area contributed by atoms with Crippen molar-refractivity contribution in [1.82, 2.24) is 0 Å². The second-order valence-electron chi connectivity index (χ2n) is 8.82. The lowest BCUT2D eigenvalue weighted by Gasteiger charge is -2.34. The highest BCUT2D eigenvalue weighted by molar-refractivity contribution is 6.20. The van der Waals surface area contributed by atoms with Crippen molar-refractivity contribution in [1.29, 1.82) is 0 Å². The highest BCUT2D eigenvalue weighted by atomic mass is 35.5. The van der Waals surface area contributed by atoms with Crippen LogP contribution in [0.2, 0.25) is 0 Å². The van der Waals surface area contributed by atoms with Crippen molar-refractivity contribution in [3.63, 3.8) is 0 Å². The molecule has 1 fully saturated rings. The maximum absolute atomic E-state index is 14.8. The Hall–Kier alpha value is -2.79. The Kier molecular flexibility index (Phi) is 8.56. The van der Waals surface area contributed by atoms with Crippen LogP contribution in [0.4, 0.5) is 26.3 Å². The Bertz CT molecular complexity index is 1200. The molecule has 11 heteroatoms. The maximum atomic E-state index is 14.8. The van der Waals surface area contributed by atoms with Gasteiger partial charge in [0.1, 0.15) is 0 Å². The van der Waals surface area contributed by atoms with Crippen LogP contribution in [0.15, 0.2) is 60.7 Å². The van der Waals surface area contributed by atoms with E-state index in [2.05, 4.69) is 16.3 Å². The first-order valence-corrected chi connectivity index (χ1v) is 11.9. The van der Waals surface area contributed by atoms with Crippen LogP contribution in [-0.4, -0.2) is 38.1 Å². The van der Waals surface area contributed by atoms with Gasteiger partial charge in [-0.25, -0.2) is 17.6 Å². The van der Waals surface area contributed by atoms with E-state index in [-0.39, 0.29) is 19.1 Å². The third kappa shape index (κ3) is 6.99. The van der Waals surface area contributed by atoms with Crippen LogP contribution >= 0.6 is 11.6 Å². The summed E-state index contributed by atoms with van der Waals surface area (Å²) in [6.45, 7) is 0.392. The van der Waals surface area contributed by atoms with Gasteiger partial charge in [0.05, 0.1) is 19.8 Å². The quantitative estimate of drug-likeness (QED) is 0.204. The summed E-state index contributed by atoms with van der Waals surface area (Å²) in [5.41, 5.74) is -1.00. The van der Waals surface area contributed by atoms with Gasteiger partial charge in [-0.15, -0.1) is 8.78 Å². The molecule has 4 rings (SSSR count). The van der Waals surface area contributed by atoms with E-state index in [1.165, 1.54) is 0 Å². The Morgan fingerprint density at radius 1 is 0.842 bits per heavy atom. The molecule has 0 radical (unpaired) electrons. The number of benzene rings is 3. The molecular formula is C27H23ClF6O4. The lowest BCUT2D eigenvalue weighted by atomic mass is 9.96. The number of hydrogen-bond acceptors (Lipinski definition) is 4. The SMILES string of the molecule is COCc1ccc(-c2ccc(C3COC(C(F)(F)Cc4cc(F)c(OC(F)(F)Cl)c(F)c4)OC3)cc2)cc1. The standard InChI is InChI=1S/C27H23ClF6O4/c1-35-13-16-2-4-18(5-3-16)19-6-8-20(9-7-19)21-14-36-25(37-15-21)26(31,32)12-17-10-22(29)24(23(30)11-17)38-27(28,33)34/h2-11,21,25H,12-15H2,1H3. The van der Waals surface area contributed by atoms with Crippen LogP contribution in [0.1, 0.15) is 22.6 Å². The van der Waals surface area contributed by atoms with Crippen LogP contribution in [0.3, 0.4) is 0 Å². The lowest BCUT2D eigenvalue weighted by molar-refractivity contribution is -0.282. The molecule has 1 saturated heterocycles. The third-order valence-electron chi connectivity index (χ3n) is 5.94. The minimum absolute atomic E-state index is 0.0639. The summed E-state index contributed by atoms with van der Waals surface area (Å²) >= 11 is 4.52. The minimum atomic E-state index is -4.37. The summed E-state index contributed by atoms with van der Waals surface area (Å²) in [4.78, 5) is 0. The predicted molar refractivity (Wildman–Crippen MR) is 127 cm³/mol. The fourth-order valence-corrected chi connectivity index (χ4v) is 4.21. The zero-order valence-electron chi connectivity index (χ0n) is 20.0. The molecule has 1 aliphatic heterocycles. The van der Waals surface area contributed by atoms with E-state index in [0.29, 0.717) is 18.7 Å². The van der Waals surface area contributed by atoms with Gasteiger partial charge in [0.25, 0.3) is 0 Å². The average molecular weight is 561 g/mol. The van der Waals surface area contributed by atoms with Gasteiger partial charge in [0.2, 0.25) is 6.29 Å². The molecule has 1 heterocycles. The van der Waals surface area contributed by atoms with E-state index >= 15 is 0 Å². The molecule has 38 heavy (non-hydrogen) atoms. The van der Waals surface area contributed by atoms with Gasteiger partial charge in [-0.2, -0.15) is 0 Å². The average Bonchev–Trinajstić information content (AvgIpc) is 2.86. The molecular weight excluding hydrogens is 538 g/mol. The maximum Gasteiger partial charge on any atom is 0.487 e. The number of rotatable bonds is 9. The topological polar surface area (TPSA) is 36.9 Å². The summed E-state index contributed by atoms with van der Waals surface area (Å²) < 4.78 is 102. The highest BCUT2D eigenvalue weighted by Crippen LogP contribution is 2.36. The molecule has 0 amide bonds. The van der Waals surface area contributed by atoms with E-state index in [4.69, 9.17) is 14.2 Å². The fourth-order valence-electron chi connectivity index (χ4n) is 4.13. The van der Waals surface area contributed by atoms with Crippen LogP contribution < -0.4 is 4.74 Å². The largest absolute Gasteiger partial charge is 0.487 e. The summed E-state index contributed by atoms with van der Waals surface area (Å²) in [7, 11) is 1.63. The molecule has 0 aromatic heterocycles. The molecule has 0 saturated carbocycles. The predicted octanol–water partition coefficient (Wildman–Crippen LogP) is 7.28. The summed E-state index contributed by atoms with van der Waals surface area (Å²) in [5, 5.41) is 0. The summed E-state index contributed by atoms with van der Waals surface area (Å²) in [6, 6.07) is 16.4. The van der Waals surface area contributed by atoms with Crippen LogP contribution in [0, 0.1) is 11.6 Å². The van der Waals surface area contributed by atoms with Gasteiger partial charge >= 0.3 is 11.5 Å². The number of halogens is 7. The number of ether oxygens (including phenoxy) is 4. The van der Waals surface area contributed by atoms with E-state index < -0.39 is 47.1 Å². The molecule has 0 bridgehead atoms. The van der Waals surface area contributed by atoms with Crippen LogP contribution in [0.5, 0.6) is 5.75 Å². The normalized spacial score (nSPS) is 18.4. The van der Waals surface area contributed by atoms with Crippen molar-refractivity contribution in [2.75, 3.05) is 20.3 Å². The van der Waals surface area contributed by atoms with Crippen molar-refractivity contribution in [2.45, 2.75) is 36.7 Å². The van der Waals surface area contributed by atoms with Crippen molar-refractivity contribution >= 4 is 11.6 Å². The molecule has 1 aliphatic rings. The van der Waals surface area contributed by atoms with Gasteiger partial charge in [-0.1, -0.05) is 48.5 Å². The van der Waals surface area contributed by atoms with Crippen molar-refractivity contribution in [2.24, 2.45) is 0 Å². The third-order valence-corrected chi connectivity index (χ3v) is 6.02. The van der Waals surface area contributed by atoms with E-state index in [9.17, 15) is 26.3 Å². The van der Waals surface area contributed by atoms with Gasteiger partial charge in [0, 0.05) is 31.0 Å². The second kappa shape index (κ2) is 11.5. The smallest absolute Gasteiger partial charge is 0.414 e. The zero-order valence-corrected chi connectivity index (χ0v) is 20.8. The van der Waals surface area contributed by atoms with E-state index in [0.717, 1.165) is 22.3 Å². The Balaban J connectivity index is 1.36. The molecule has 3 aromatic carbocycles. The molecule has 0 aliphatic carbocycles. The Morgan fingerprint density at radius 3 is 1.87 bits per heavy atom. The molecule has 0 atom stereocenters. The van der Waals surface area contributed by atoms with E-state index in [1.54, 1.807) is 7.11 Å². The summed E-state index contributed by atoms with van der Waals surface area (Å²) in [6.07, 6.45) is -3.12. The van der Waals surface area contributed by atoms with Crippen molar-refractivity contribution in [3.05, 3.63) is 89.0 Å². The van der Waals surface area contributed by atoms with Gasteiger partial charge in [0.15, 0.2) is 17.4 Å². The van der Waals surface area contributed by atoms with Gasteiger partial charge in [-0.3, -0.25) is 0 Å². The minimum Gasteiger partial charge on any atom is -0.414 e. The molecule has 0 N–H and O–H groups in total. The molecule has 3 aromatic rings. The molecule has 0 spiro atoms. The van der Waals surface area contributed by atoms with Crippen LogP contribution in [-0.2, 0) is 27.2 Å². The molecule has 0 unspecified atom stereocenters. The number of methoxy groups -OCH3 is 1. The molecule has 204 valence electrons. The summed E-state index contributed by atoms with van der Waals surface area (Å²) in [5.74, 6) is -8.64. The second-order valence-corrected chi connectivity index (χ2v) is 9.26. The highest BCUT2D eigenvalue weighted by Gasteiger charge is 2.45. The monoisotopic (exact) mass is 560 g/mol. The molecule has 4 nitrogen and oxygen atoms in total. The zero-order chi connectivity index (χ0) is 27.5. The van der Waals surface area contributed by atoms with E-state index in [1.807, 2.05) is 48.5 Å². The van der Waals surface area contributed by atoms with Gasteiger partial charge < -0.3 is 18.9 Å². The Labute approximate surface area is 220 Å². The first kappa shape index (κ1) is 28.2.